The van der Waals surface area contributed by atoms with Gasteiger partial charge >= 0.3 is 0 Å². The van der Waals surface area contributed by atoms with Gasteiger partial charge in [-0.25, -0.2) is 4.98 Å². The van der Waals surface area contributed by atoms with E-state index in [1.807, 2.05) is 48.5 Å². The molecular weight excluding hydrogens is 400 g/mol. The highest BCUT2D eigenvalue weighted by Gasteiger charge is 2.25. The molecule has 0 atom stereocenters. The van der Waals surface area contributed by atoms with E-state index in [-0.39, 0.29) is 11.3 Å². The van der Waals surface area contributed by atoms with Crippen molar-refractivity contribution in [3.63, 3.8) is 0 Å². The second-order valence-electron chi connectivity index (χ2n) is 8.46. The predicted molar refractivity (Wildman–Crippen MR) is 126 cm³/mol. The summed E-state index contributed by atoms with van der Waals surface area (Å²) in [4.78, 5) is 30.8. The van der Waals surface area contributed by atoms with E-state index in [4.69, 9.17) is 4.42 Å². The van der Waals surface area contributed by atoms with Gasteiger partial charge in [0.05, 0.1) is 16.3 Å². The maximum Gasteiger partial charge on any atom is 0.231 e. The number of carbonyl (C=O) groups is 1. The summed E-state index contributed by atoms with van der Waals surface area (Å²) in [6.45, 7) is 2.52. The number of carbonyl (C=O) groups excluding carboxylic acids is 1. The molecule has 0 bridgehead atoms. The van der Waals surface area contributed by atoms with Crippen molar-refractivity contribution in [3.8, 4) is 11.1 Å². The minimum Gasteiger partial charge on any atom is -0.437 e. The highest BCUT2D eigenvalue weighted by molar-refractivity contribution is 5.96. The van der Waals surface area contributed by atoms with E-state index in [1.54, 1.807) is 0 Å². The minimum atomic E-state index is -0.0690. The molecule has 0 unspecified atom stereocenters. The maximum atomic E-state index is 13.3. The van der Waals surface area contributed by atoms with Crippen LogP contribution in [-0.4, -0.2) is 29.3 Å². The first-order chi connectivity index (χ1) is 15.7. The van der Waals surface area contributed by atoms with Gasteiger partial charge in [-0.2, -0.15) is 0 Å². The molecule has 0 N–H and O–H groups in total. The van der Waals surface area contributed by atoms with Gasteiger partial charge in [-0.1, -0.05) is 48.5 Å². The van der Waals surface area contributed by atoms with E-state index in [2.05, 4.69) is 34.1 Å². The number of pyridine rings is 1. The molecule has 0 aliphatic carbocycles. The molecule has 2 aromatic heterocycles. The number of benzene rings is 3. The Kier molecular flexibility index (Phi) is 4.37. The second-order valence-corrected chi connectivity index (χ2v) is 8.46. The van der Waals surface area contributed by atoms with E-state index in [9.17, 15) is 9.59 Å². The fourth-order valence-electron chi connectivity index (χ4n) is 4.45. The van der Waals surface area contributed by atoms with Crippen molar-refractivity contribution in [2.24, 2.45) is 5.92 Å². The third kappa shape index (κ3) is 3.18. The smallest absolute Gasteiger partial charge is 0.231 e. The largest absolute Gasteiger partial charge is 0.437 e. The molecule has 156 valence electrons. The van der Waals surface area contributed by atoms with Crippen LogP contribution in [0.25, 0.3) is 44.1 Å². The van der Waals surface area contributed by atoms with E-state index >= 15 is 0 Å². The molecule has 0 saturated carbocycles. The molecule has 3 aromatic carbocycles. The van der Waals surface area contributed by atoms with Crippen molar-refractivity contribution in [1.29, 1.82) is 0 Å². The normalized spacial score (nSPS) is 14.8. The lowest BCUT2D eigenvalue weighted by molar-refractivity contribution is -0.115. The van der Waals surface area contributed by atoms with Crippen molar-refractivity contribution in [1.82, 2.24) is 9.88 Å². The first-order valence-corrected chi connectivity index (χ1v) is 10.7. The summed E-state index contributed by atoms with van der Waals surface area (Å²) in [7, 11) is 0. The molecule has 3 heterocycles. The Labute approximate surface area is 183 Å². The summed E-state index contributed by atoms with van der Waals surface area (Å²) in [5, 5.41) is 1.96. The first kappa shape index (κ1) is 18.9. The zero-order chi connectivity index (χ0) is 21.7. The quantitative estimate of drug-likeness (QED) is 0.309. The molecule has 0 amide bonds. The number of aromatic nitrogens is 1. The van der Waals surface area contributed by atoms with Crippen LogP contribution in [0.15, 0.2) is 82.0 Å². The number of nitrogens with zero attached hydrogens (tertiary/aromatic N) is 2. The number of aldehydes is 1. The zero-order valence-electron chi connectivity index (χ0n) is 17.3. The van der Waals surface area contributed by atoms with Crippen LogP contribution in [0.2, 0.25) is 0 Å². The number of rotatable bonds is 4. The fourth-order valence-corrected chi connectivity index (χ4v) is 4.45. The maximum absolute atomic E-state index is 13.3. The van der Waals surface area contributed by atoms with Crippen LogP contribution >= 0.6 is 0 Å². The van der Waals surface area contributed by atoms with Crippen molar-refractivity contribution < 1.29 is 9.21 Å². The Morgan fingerprint density at radius 1 is 0.938 bits per heavy atom. The number of likely N-dealkylation sites (tertiary alicyclic amines) is 1. The molecule has 5 heteroatoms. The lowest BCUT2D eigenvalue weighted by atomic mass is 9.99. The van der Waals surface area contributed by atoms with Gasteiger partial charge in [-0.3, -0.25) is 9.69 Å². The van der Waals surface area contributed by atoms with Crippen LogP contribution in [0.4, 0.5) is 0 Å². The van der Waals surface area contributed by atoms with Crippen LogP contribution in [0.5, 0.6) is 0 Å². The molecule has 6 rings (SSSR count). The average Bonchev–Trinajstić information content (AvgIpc) is 2.80. The number of hydrogen-bond acceptors (Lipinski definition) is 5. The number of fused-ring (bicyclic) bond motifs is 3. The van der Waals surface area contributed by atoms with Gasteiger partial charge < -0.3 is 9.21 Å². The molecule has 1 aliphatic heterocycles. The topological polar surface area (TPSA) is 63.4 Å². The molecule has 0 spiro atoms. The Hall–Kier alpha value is -3.83. The van der Waals surface area contributed by atoms with Crippen LogP contribution in [-0.2, 0) is 11.3 Å². The average molecular weight is 420 g/mol. The van der Waals surface area contributed by atoms with Crippen LogP contribution < -0.4 is 5.43 Å². The Morgan fingerprint density at radius 2 is 1.72 bits per heavy atom. The molecule has 32 heavy (non-hydrogen) atoms. The lowest BCUT2D eigenvalue weighted by Gasteiger charge is -2.36. The Balaban J connectivity index is 1.36. The summed E-state index contributed by atoms with van der Waals surface area (Å²) < 4.78 is 5.98. The van der Waals surface area contributed by atoms with Crippen molar-refractivity contribution in [2.75, 3.05) is 13.1 Å². The minimum absolute atomic E-state index is 0.0690. The van der Waals surface area contributed by atoms with Crippen molar-refractivity contribution in [3.05, 3.63) is 88.6 Å². The molecule has 1 saturated heterocycles. The first-order valence-electron chi connectivity index (χ1n) is 10.7. The number of hydrogen-bond donors (Lipinski definition) is 0. The zero-order valence-corrected chi connectivity index (χ0v) is 17.3. The lowest BCUT2D eigenvalue weighted by Crippen LogP contribution is -2.46. The van der Waals surface area contributed by atoms with Gasteiger partial charge in [0, 0.05) is 30.9 Å². The summed E-state index contributed by atoms with van der Waals surface area (Å²) in [6.07, 6.45) is 1.04. The van der Waals surface area contributed by atoms with Gasteiger partial charge in [0.25, 0.3) is 0 Å². The van der Waals surface area contributed by atoms with Crippen LogP contribution in [0, 0.1) is 5.92 Å². The fraction of sp³-hybridized carbons (Fsp3) is 0.148. The molecule has 1 fully saturated rings. The van der Waals surface area contributed by atoms with E-state index in [0.717, 1.165) is 48.0 Å². The summed E-state index contributed by atoms with van der Waals surface area (Å²) in [5.74, 6) is 0.183. The Morgan fingerprint density at radius 3 is 2.53 bits per heavy atom. The summed E-state index contributed by atoms with van der Waals surface area (Å²) >= 11 is 0. The van der Waals surface area contributed by atoms with Gasteiger partial charge in [-0.05, 0) is 41.0 Å². The SMILES string of the molecule is O=CC1CN(Cc2ccc(-c3ccc4oc5nc6ccccc6cc5c(=O)c4c3)cc2)C1. The van der Waals surface area contributed by atoms with E-state index in [0.29, 0.717) is 22.1 Å². The number of para-hydroxylation sites is 1. The predicted octanol–water partition coefficient (Wildman–Crippen LogP) is 4.79. The van der Waals surface area contributed by atoms with Crippen molar-refractivity contribution >= 4 is 39.3 Å². The van der Waals surface area contributed by atoms with Gasteiger partial charge in [0.2, 0.25) is 11.1 Å². The highest BCUT2D eigenvalue weighted by Crippen LogP contribution is 2.27. The monoisotopic (exact) mass is 420 g/mol. The van der Waals surface area contributed by atoms with Gasteiger partial charge in [0.15, 0.2) is 0 Å². The molecule has 0 radical (unpaired) electrons. The third-order valence-corrected chi connectivity index (χ3v) is 6.24. The van der Waals surface area contributed by atoms with Crippen LogP contribution in [0.1, 0.15) is 5.56 Å². The summed E-state index contributed by atoms with van der Waals surface area (Å²) in [6, 6.07) is 23.6. The summed E-state index contributed by atoms with van der Waals surface area (Å²) in [5.41, 5.74) is 4.85. The molecular formula is C27H20N2O3. The van der Waals surface area contributed by atoms with Gasteiger partial charge in [-0.15, -0.1) is 0 Å². The van der Waals surface area contributed by atoms with Crippen LogP contribution in [0.3, 0.4) is 0 Å². The van der Waals surface area contributed by atoms with E-state index < -0.39 is 0 Å². The standard InChI is InChI=1S/C27H20N2O3/c30-16-18-14-29(15-18)13-17-5-7-19(8-6-17)20-9-10-25-22(11-20)26(31)23-12-21-3-1-2-4-24(21)28-27(23)32-25/h1-12,16,18H,13-15H2. The third-order valence-electron chi connectivity index (χ3n) is 6.24. The molecule has 5 aromatic rings. The highest BCUT2D eigenvalue weighted by atomic mass is 16.3. The van der Waals surface area contributed by atoms with Crippen molar-refractivity contribution in [2.45, 2.75) is 6.54 Å². The van der Waals surface area contributed by atoms with E-state index in [1.165, 1.54) is 5.56 Å². The second kappa shape index (κ2) is 7.39. The van der Waals surface area contributed by atoms with Gasteiger partial charge in [0.1, 0.15) is 11.9 Å². The molecule has 1 aliphatic rings. The Bertz CT molecular complexity index is 1550. The molecule has 5 nitrogen and oxygen atoms in total.